The lowest BCUT2D eigenvalue weighted by molar-refractivity contribution is -0.162. The second-order valence-electron chi connectivity index (χ2n) is 7.59. The van der Waals surface area contributed by atoms with Gasteiger partial charge >= 0.3 is 0 Å². The van der Waals surface area contributed by atoms with Gasteiger partial charge in [-0.1, -0.05) is 6.07 Å². The summed E-state index contributed by atoms with van der Waals surface area (Å²) in [5, 5.41) is 7.77. The van der Waals surface area contributed by atoms with Crippen molar-refractivity contribution in [2.75, 3.05) is 25.1 Å². The average Bonchev–Trinajstić information content (AvgIpc) is 3.37. The van der Waals surface area contributed by atoms with E-state index in [0.29, 0.717) is 43.0 Å². The number of hydrogen-bond acceptors (Lipinski definition) is 6. The summed E-state index contributed by atoms with van der Waals surface area (Å²) in [6.45, 7) is 0.899. The van der Waals surface area contributed by atoms with Gasteiger partial charge in [0, 0.05) is 19.1 Å². The van der Waals surface area contributed by atoms with E-state index in [1.165, 1.54) is 23.1 Å². The largest absolute Gasteiger partial charge is 0.350 e. The van der Waals surface area contributed by atoms with Crippen LogP contribution in [-0.4, -0.2) is 82.7 Å². The Bertz CT molecular complexity index is 815. The predicted octanol–water partition coefficient (Wildman–Crippen LogP) is 0.300. The molecule has 3 fully saturated rings. The van der Waals surface area contributed by atoms with Crippen molar-refractivity contribution in [3.63, 3.8) is 0 Å². The quantitative estimate of drug-likeness (QED) is 0.692. The van der Waals surface area contributed by atoms with Crippen LogP contribution in [0, 0.1) is 0 Å². The molecule has 4 heterocycles. The number of amides is 4. The molecule has 3 aliphatic rings. The highest BCUT2D eigenvalue weighted by atomic mass is 32.2. The Morgan fingerprint density at radius 2 is 1.97 bits per heavy atom. The third kappa shape index (κ3) is 3.87. The van der Waals surface area contributed by atoms with E-state index in [9.17, 15) is 19.2 Å². The third-order valence-electron chi connectivity index (χ3n) is 5.81. The van der Waals surface area contributed by atoms with Crippen molar-refractivity contribution in [2.45, 2.75) is 43.4 Å². The van der Waals surface area contributed by atoms with Crippen molar-refractivity contribution in [3.8, 4) is 0 Å². The first-order valence-corrected chi connectivity index (χ1v) is 12.0. The number of piperazine rings is 1. The molecule has 1 aromatic rings. The van der Waals surface area contributed by atoms with Crippen molar-refractivity contribution in [1.82, 2.24) is 20.4 Å². The Kier molecular flexibility index (Phi) is 5.82. The summed E-state index contributed by atoms with van der Waals surface area (Å²) in [6.07, 6.45) is 3.47. The van der Waals surface area contributed by atoms with Gasteiger partial charge < -0.3 is 20.4 Å². The first kappa shape index (κ1) is 20.2. The van der Waals surface area contributed by atoms with Crippen molar-refractivity contribution in [1.29, 1.82) is 0 Å². The summed E-state index contributed by atoms with van der Waals surface area (Å²) in [4.78, 5) is 54.5. The lowest BCUT2D eigenvalue weighted by Gasteiger charge is -2.47. The van der Waals surface area contributed by atoms with Crippen LogP contribution in [0.2, 0.25) is 0 Å². The number of thiophene rings is 1. The maximum Gasteiger partial charge on any atom is 0.261 e. The second-order valence-corrected chi connectivity index (χ2v) is 9.41. The molecule has 156 valence electrons. The lowest BCUT2D eigenvalue weighted by atomic mass is 9.91. The van der Waals surface area contributed by atoms with Gasteiger partial charge in [-0.2, -0.15) is 11.8 Å². The summed E-state index contributed by atoms with van der Waals surface area (Å²) in [6, 6.07) is 1.98. The predicted molar refractivity (Wildman–Crippen MR) is 111 cm³/mol. The molecule has 3 aliphatic heterocycles. The molecule has 0 radical (unpaired) electrons. The Labute approximate surface area is 177 Å². The monoisotopic (exact) mass is 436 g/mol. The second kappa shape index (κ2) is 8.35. The minimum atomic E-state index is -0.609. The van der Waals surface area contributed by atoms with Crippen LogP contribution in [0.3, 0.4) is 0 Å². The molecule has 0 saturated carbocycles. The van der Waals surface area contributed by atoms with Gasteiger partial charge in [-0.05, 0) is 37.0 Å². The van der Waals surface area contributed by atoms with Gasteiger partial charge in [0.05, 0.1) is 16.7 Å². The fourth-order valence-electron chi connectivity index (χ4n) is 4.50. The summed E-state index contributed by atoms with van der Waals surface area (Å²) in [5.41, 5.74) is 0. The van der Waals surface area contributed by atoms with Crippen LogP contribution in [-0.2, 0) is 14.4 Å². The van der Waals surface area contributed by atoms with Crippen LogP contribution in [0.1, 0.15) is 28.9 Å². The van der Waals surface area contributed by atoms with Crippen molar-refractivity contribution >= 4 is 46.7 Å². The molecular weight excluding hydrogens is 412 g/mol. The molecule has 10 heteroatoms. The molecule has 3 saturated heterocycles. The van der Waals surface area contributed by atoms with E-state index in [4.69, 9.17) is 0 Å². The van der Waals surface area contributed by atoms with Crippen molar-refractivity contribution in [3.05, 3.63) is 22.4 Å². The molecule has 0 bridgehead atoms. The molecule has 0 unspecified atom stereocenters. The zero-order valence-corrected chi connectivity index (χ0v) is 17.8. The van der Waals surface area contributed by atoms with Gasteiger partial charge in [-0.3, -0.25) is 19.2 Å². The molecule has 4 rings (SSSR count). The first-order valence-electron chi connectivity index (χ1n) is 9.73. The lowest BCUT2D eigenvalue weighted by Crippen LogP contribution is -2.69. The van der Waals surface area contributed by atoms with Gasteiger partial charge in [-0.25, -0.2) is 0 Å². The van der Waals surface area contributed by atoms with E-state index in [1.807, 2.05) is 17.7 Å². The van der Waals surface area contributed by atoms with Crippen LogP contribution < -0.4 is 10.6 Å². The van der Waals surface area contributed by atoms with E-state index < -0.39 is 12.1 Å². The van der Waals surface area contributed by atoms with Crippen LogP contribution in [0.15, 0.2) is 17.5 Å². The number of hydrogen-bond donors (Lipinski definition) is 2. The third-order valence-corrected chi connectivity index (χ3v) is 7.23. The molecule has 2 N–H and O–H groups in total. The standard InChI is InChI=1S/C19H24N4O4S2/c1-28-10-15(24)21-12-5-7-23-16(12)19(27)22-6-4-11(9-13(22)18(23)26)20-17(25)14-3-2-8-29-14/h2-3,8,11-13,16H,4-7,9-10H2,1H3,(H,20,25)(H,21,24)/t11-,12-,13-,16-/m0/s1. The molecule has 0 aromatic carbocycles. The van der Waals surface area contributed by atoms with E-state index in [2.05, 4.69) is 10.6 Å². The maximum absolute atomic E-state index is 13.1. The highest BCUT2D eigenvalue weighted by Gasteiger charge is 2.53. The van der Waals surface area contributed by atoms with Crippen LogP contribution >= 0.6 is 23.1 Å². The van der Waals surface area contributed by atoms with Crippen LogP contribution in [0.25, 0.3) is 0 Å². The average molecular weight is 437 g/mol. The molecule has 8 nitrogen and oxygen atoms in total. The fourth-order valence-corrected chi connectivity index (χ4v) is 5.47. The van der Waals surface area contributed by atoms with Gasteiger partial charge in [0.1, 0.15) is 12.1 Å². The number of fused-ring (bicyclic) bond motifs is 2. The fraction of sp³-hybridized carbons (Fsp3) is 0.579. The number of piperidine rings is 1. The van der Waals surface area contributed by atoms with Gasteiger partial charge in [0.15, 0.2) is 0 Å². The molecule has 29 heavy (non-hydrogen) atoms. The molecule has 0 aliphatic carbocycles. The van der Waals surface area contributed by atoms with Crippen molar-refractivity contribution < 1.29 is 19.2 Å². The topological polar surface area (TPSA) is 98.8 Å². The molecule has 4 atom stereocenters. The first-order chi connectivity index (χ1) is 14.0. The number of rotatable bonds is 5. The van der Waals surface area contributed by atoms with Gasteiger partial charge in [-0.15, -0.1) is 11.3 Å². The molecular formula is C19H24N4O4S2. The molecule has 0 spiro atoms. The summed E-state index contributed by atoms with van der Waals surface area (Å²) < 4.78 is 0. The van der Waals surface area contributed by atoms with E-state index >= 15 is 0 Å². The van der Waals surface area contributed by atoms with Crippen LogP contribution in [0.4, 0.5) is 0 Å². The van der Waals surface area contributed by atoms with Crippen molar-refractivity contribution in [2.24, 2.45) is 0 Å². The minimum absolute atomic E-state index is 0.0775. The summed E-state index contributed by atoms with van der Waals surface area (Å²) in [5.74, 6) is -0.0789. The Morgan fingerprint density at radius 1 is 1.17 bits per heavy atom. The Balaban J connectivity index is 1.43. The zero-order chi connectivity index (χ0) is 20.5. The maximum atomic E-state index is 13.1. The molecule has 1 aromatic heterocycles. The zero-order valence-electron chi connectivity index (χ0n) is 16.1. The van der Waals surface area contributed by atoms with E-state index in [0.717, 1.165) is 0 Å². The Hall–Kier alpha value is -2.07. The van der Waals surface area contributed by atoms with E-state index in [-0.39, 0.29) is 35.7 Å². The number of carbonyl (C=O) groups is 4. The summed E-state index contributed by atoms with van der Waals surface area (Å²) >= 11 is 2.80. The Morgan fingerprint density at radius 3 is 2.69 bits per heavy atom. The van der Waals surface area contributed by atoms with Gasteiger partial charge in [0.25, 0.3) is 5.91 Å². The smallest absolute Gasteiger partial charge is 0.261 e. The van der Waals surface area contributed by atoms with Crippen LogP contribution in [0.5, 0.6) is 0 Å². The van der Waals surface area contributed by atoms with Gasteiger partial charge in [0.2, 0.25) is 17.7 Å². The summed E-state index contributed by atoms with van der Waals surface area (Å²) in [7, 11) is 0. The number of nitrogens with zero attached hydrogens (tertiary/aromatic N) is 2. The molecule has 4 amide bonds. The number of thioether (sulfide) groups is 1. The number of carbonyl (C=O) groups excluding carboxylic acids is 4. The highest BCUT2D eigenvalue weighted by Crippen LogP contribution is 2.32. The van der Waals surface area contributed by atoms with E-state index in [1.54, 1.807) is 15.9 Å². The SMILES string of the molecule is CSCC(=O)N[C@H]1CCN2C(=O)[C@@H]3C[C@@H](NC(=O)c4cccs4)CCN3C(=O)[C@H]12. The minimum Gasteiger partial charge on any atom is -0.350 e. The normalized spacial score (nSPS) is 28.7. The number of nitrogens with one attached hydrogen (secondary N) is 2. The highest BCUT2D eigenvalue weighted by molar-refractivity contribution is 7.99.